The molecule has 0 aliphatic carbocycles. The smallest absolute Gasteiger partial charge is 0.251 e. The van der Waals surface area contributed by atoms with E-state index in [2.05, 4.69) is 29.0 Å². The van der Waals surface area contributed by atoms with Crippen molar-refractivity contribution >= 4 is 5.91 Å². The Balaban J connectivity index is 1.93. The van der Waals surface area contributed by atoms with Crippen LogP contribution >= 0.6 is 0 Å². The number of hydrogen-bond donors (Lipinski definition) is 2. The zero-order chi connectivity index (χ0) is 15.1. The summed E-state index contributed by atoms with van der Waals surface area (Å²) in [6.45, 7) is 5.63. The lowest BCUT2D eigenvalue weighted by molar-refractivity contribution is 0.0906. The zero-order valence-corrected chi connectivity index (χ0v) is 12.6. The van der Waals surface area contributed by atoms with Crippen LogP contribution in [-0.4, -0.2) is 43.0 Å². The second kappa shape index (κ2) is 7.82. The van der Waals surface area contributed by atoms with Crippen molar-refractivity contribution in [3.8, 4) is 11.8 Å². The quantitative estimate of drug-likeness (QED) is 0.821. The molecule has 0 spiro atoms. The van der Waals surface area contributed by atoms with E-state index in [4.69, 9.17) is 5.73 Å². The molecule has 1 heterocycles. The van der Waals surface area contributed by atoms with Crippen LogP contribution in [0.25, 0.3) is 0 Å². The minimum atomic E-state index is -0.00344. The highest BCUT2D eigenvalue weighted by atomic mass is 16.1. The van der Waals surface area contributed by atoms with Gasteiger partial charge in [0, 0.05) is 23.7 Å². The van der Waals surface area contributed by atoms with Crippen molar-refractivity contribution in [2.75, 3.05) is 26.2 Å². The van der Waals surface area contributed by atoms with Gasteiger partial charge < -0.3 is 16.0 Å². The first kappa shape index (κ1) is 15.6. The van der Waals surface area contributed by atoms with Gasteiger partial charge in [-0.1, -0.05) is 18.8 Å². The monoisotopic (exact) mass is 285 g/mol. The number of nitrogens with zero attached hydrogens (tertiary/aromatic N) is 1. The van der Waals surface area contributed by atoms with Crippen molar-refractivity contribution in [3.63, 3.8) is 0 Å². The number of hydrogen-bond acceptors (Lipinski definition) is 3. The van der Waals surface area contributed by atoms with E-state index in [0.29, 0.717) is 12.1 Å². The second-order valence-corrected chi connectivity index (χ2v) is 5.29. The van der Waals surface area contributed by atoms with Gasteiger partial charge in [-0.15, -0.1) is 0 Å². The highest BCUT2D eigenvalue weighted by Crippen LogP contribution is 2.11. The van der Waals surface area contributed by atoms with Gasteiger partial charge in [0.25, 0.3) is 5.91 Å². The maximum atomic E-state index is 12.2. The summed E-state index contributed by atoms with van der Waals surface area (Å²) in [5.74, 6) is 5.75. The lowest BCUT2D eigenvalue weighted by atomic mass is 10.0. The van der Waals surface area contributed by atoms with E-state index in [1.165, 1.54) is 0 Å². The SMILES string of the molecule is CCN1CCCC(NC(=O)c2ccc(C#CCN)cc2)C1. The van der Waals surface area contributed by atoms with Crippen LogP contribution < -0.4 is 11.1 Å². The number of rotatable bonds is 3. The van der Waals surface area contributed by atoms with Gasteiger partial charge in [-0.2, -0.15) is 0 Å². The fourth-order valence-corrected chi connectivity index (χ4v) is 2.59. The normalized spacial score (nSPS) is 18.7. The predicted molar refractivity (Wildman–Crippen MR) is 85.0 cm³/mol. The van der Waals surface area contributed by atoms with E-state index < -0.39 is 0 Å². The molecule has 4 heteroatoms. The fraction of sp³-hybridized carbons (Fsp3) is 0.471. The number of nitrogens with two attached hydrogens (primary N) is 1. The van der Waals surface area contributed by atoms with Crippen LogP contribution in [0.5, 0.6) is 0 Å². The summed E-state index contributed by atoms with van der Waals surface area (Å²) in [4.78, 5) is 14.6. The Morgan fingerprint density at radius 2 is 2.19 bits per heavy atom. The first-order chi connectivity index (χ1) is 10.2. The predicted octanol–water partition coefficient (Wildman–Crippen LogP) is 1.21. The summed E-state index contributed by atoms with van der Waals surface area (Å²) in [7, 11) is 0. The van der Waals surface area contributed by atoms with E-state index in [1.54, 1.807) is 0 Å². The zero-order valence-electron chi connectivity index (χ0n) is 12.6. The Morgan fingerprint density at radius 3 is 2.86 bits per heavy atom. The van der Waals surface area contributed by atoms with Gasteiger partial charge in [-0.3, -0.25) is 4.79 Å². The van der Waals surface area contributed by atoms with Gasteiger partial charge in [-0.25, -0.2) is 0 Å². The molecule has 112 valence electrons. The number of piperidine rings is 1. The maximum absolute atomic E-state index is 12.2. The Hall–Kier alpha value is -1.83. The van der Waals surface area contributed by atoms with Gasteiger partial charge in [0.15, 0.2) is 0 Å². The summed E-state index contributed by atoms with van der Waals surface area (Å²) >= 11 is 0. The van der Waals surface area contributed by atoms with E-state index in [9.17, 15) is 4.79 Å². The lowest BCUT2D eigenvalue weighted by Gasteiger charge is -2.32. The molecule has 4 nitrogen and oxygen atoms in total. The summed E-state index contributed by atoms with van der Waals surface area (Å²) in [5, 5.41) is 3.13. The topological polar surface area (TPSA) is 58.4 Å². The summed E-state index contributed by atoms with van der Waals surface area (Å²) < 4.78 is 0. The van der Waals surface area contributed by atoms with Crippen molar-refractivity contribution in [2.24, 2.45) is 5.73 Å². The molecule has 21 heavy (non-hydrogen) atoms. The van der Waals surface area contributed by atoms with Crippen LogP contribution in [0.15, 0.2) is 24.3 Å². The molecule has 3 N–H and O–H groups in total. The maximum Gasteiger partial charge on any atom is 0.251 e. The lowest BCUT2D eigenvalue weighted by Crippen LogP contribution is -2.47. The van der Waals surface area contributed by atoms with Crippen molar-refractivity contribution < 1.29 is 4.79 Å². The third-order valence-electron chi connectivity index (χ3n) is 3.77. The first-order valence-corrected chi connectivity index (χ1v) is 7.55. The first-order valence-electron chi connectivity index (χ1n) is 7.55. The third-order valence-corrected chi connectivity index (χ3v) is 3.77. The average molecular weight is 285 g/mol. The number of likely N-dealkylation sites (tertiary alicyclic amines) is 1. The molecule has 1 aliphatic heterocycles. The Morgan fingerprint density at radius 1 is 1.43 bits per heavy atom. The van der Waals surface area contributed by atoms with Gasteiger partial charge in [0.2, 0.25) is 0 Å². The highest BCUT2D eigenvalue weighted by molar-refractivity contribution is 5.94. The Kier molecular flexibility index (Phi) is 5.79. The minimum absolute atomic E-state index is 0.00344. The number of amides is 1. The number of benzene rings is 1. The molecule has 1 amide bonds. The summed E-state index contributed by atoms with van der Waals surface area (Å²) in [5.41, 5.74) is 6.90. The standard InChI is InChI=1S/C17H23N3O/c1-2-20-12-4-6-16(13-20)19-17(21)15-9-7-14(8-10-15)5-3-11-18/h7-10,16H,2,4,6,11-13,18H2,1H3,(H,19,21). The third kappa shape index (κ3) is 4.59. The molecule has 1 aliphatic rings. The van der Waals surface area contributed by atoms with Crippen molar-refractivity contribution in [1.82, 2.24) is 10.2 Å². The van der Waals surface area contributed by atoms with Crippen LogP contribution in [0.4, 0.5) is 0 Å². The van der Waals surface area contributed by atoms with Gasteiger partial charge >= 0.3 is 0 Å². The number of carbonyl (C=O) groups excluding carboxylic acids is 1. The molecule has 2 rings (SSSR count). The largest absolute Gasteiger partial charge is 0.348 e. The van der Waals surface area contributed by atoms with Gasteiger partial charge in [-0.05, 0) is 50.2 Å². The van der Waals surface area contributed by atoms with E-state index in [1.807, 2.05) is 24.3 Å². The van der Waals surface area contributed by atoms with E-state index >= 15 is 0 Å². The summed E-state index contributed by atoms with van der Waals surface area (Å²) in [6, 6.07) is 7.60. The molecule has 1 aromatic carbocycles. The Bertz CT molecular complexity index is 527. The Labute approximate surface area is 126 Å². The van der Waals surface area contributed by atoms with Crippen molar-refractivity contribution in [3.05, 3.63) is 35.4 Å². The van der Waals surface area contributed by atoms with Crippen LogP contribution in [0.1, 0.15) is 35.7 Å². The van der Waals surface area contributed by atoms with E-state index in [0.717, 1.165) is 38.0 Å². The van der Waals surface area contributed by atoms with Crippen LogP contribution in [-0.2, 0) is 0 Å². The van der Waals surface area contributed by atoms with Crippen LogP contribution in [0, 0.1) is 11.8 Å². The number of nitrogens with one attached hydrogen (secondary N) is 1. The molecule has 0 bridgehead atoms. The van der Waals surface area contributed by atoms with Gasteiger partial charge in [0.1, 0.15) is 0 Å². The number of likely N-dealkylation sites (N-methyl/N-ethyl adjacent to an activating group) is 1. The highest BCUT2D eigenvalue weighted by Gasteiger charge is 2.20. The van der Waals surface area contributed by atoms with Crippen molar-refractivity contribution in [2.45, 2.75) is 25.8 Å². The molecular formula is C17H23N3O. The summed E-state index contributed by atoms with van der Waals surface area (Å²) in [6.07, 6.45) is 2.20. The molecular weight excluding hydrogens is 262 g/mol. The molecule has 1 aromatic rings. The molecule has 1 fully saturated rings. The molecule has 0 saturated carbocycles. The van der Waals surface area contributed by atoms with E-state index in [-0.39, 0.29) is 11.9 Å². The molecule has 1 saturated heterocycles. The average Bonchev–Trinajstić information content (AvgIpc) is 2.53. The van der Waals surface area contributed by atoms with Crippen LogP contribution in [0.2, 0.25) is 0 Å². The fourth-order valence-electron chi connectivity index (χ4n) is 2.59. The molecule has 1 unspecified atom stereocenters. The van der Waals surface area contributed by atoms with Crippen molar-refractivity contribution in [1.29, 1.82) is 0 Å². The second-order valence-electron chi connectivity index (χ2n) is 5.29. The molecule has 0 radical (unpaired) electrons. The van der Waals surface area contributed by atoms with Gasteiger partial charge in [0.05, 0.1) is 6.54 Å². The number of carbonyl (C=O) groups is 1. The molecule has 1 atom stereocenters. The van der Waals surface area contributed by atoms with Crippen LogP contribution in [0.3, 0.4) is 0 Å². The minimum Gasteiger partial charge on any atom is -0.348 e. The molecule has 0 aromatic heterocycles.